The molecule has 0 spiro atoms. The number of hydrogen-bond acceptors (Lipinski definition) is 4. The molecule has 1 amide bonds. The SMILES string of the molecule is O=C(CCSc1ccc(Cl)cc1)NCCCN1CCOCC1. The van der Waals surface area contributed by atoms with Crippen molar-refractivity contribution in [1.29, 1.82) is 0 Å². The van der Waals surface area contributed by atoms with E-state index in [1.165, 1.54) is 0 Å². The highest BCUT2D eigenvalue weighted by atomic mass is 35.5. The fourth-order valence-electron chi connectivity index (χ4n) is 2.24. The van der Waals surface area contributed by atoms with Gasteiger partial charge in [-0.3, -0.25) is 9.69 Å². The molecule has 0 aliphatic carbocycles. The largest absolute Gasteiger partial charge is 0.379 e. The van der Waals surface area contributed by atoms with E-state index in [1.807, 2.05) is 24.3 Å². The first-order valence-corrected chi connectivity index (χ1v) is 9.05. The average molecular weight is 343 g/mol. The summed E-state index contributed by atoms with van der Waals surface area (Å²) >= 11 is 7.52. The molecule has 122 valence electrons. The molecule has 4 nitrogen and oxygen atoms in total. The summed E-state index contributed by atoms with van der Waals surface area (Å²) < 4.78 is 5.31. The summed E-state index contributed by atoms with van der Waals surface area (Å²) in [5.41, 5.74) is 0. The van der Waals surface area contributed by atoms with Crippen molar-refractivity contribution in [1.82, 2.24) is 10.2 Å². The third kappa shape index (κ3) is 7.01. The van der Waals surface area contributed by atoms with Crippen LogP contribution in [0.25, 0.3) is 0 Å². The first kappa shape index (κ1) is 17.6. The maximum Gasteiger partial charge on any atom is 0.220 e. The van der Waals surface area contributed by atoms with E-state index in [-0.39, 0.29) is 5.91 Å². The quantitative estimate of drug-likeness (QED) is 0.582. The topological polar surface area (TPSA) is 41.6 Å². The lowest BCUT2D eigenvalue weighted by atomic mass is 10.3. The van der Waals surface area contributed by atoms with Gasteiger partial charge < -0.3 is 10.1 Å². The van der Waals surface area contributed by atoms with Crippen LogP contribution in [0.5, 0.6) is 0 Å². The molecule has 0 radical (unpaired) electrons. The molecule has 2 rings (SSSR count). The fraction of sp³-hybridized carbons (Fsp3) is 0.562. The summed E-state index contributed by atoms with van der Waals surface area (Å²) in [4.78, 5) is 15.3. The van der Waals surface area contributed by atoms with Crippen LogP contribution in [-0.4, -0.2) is 56.0 Å². The fourth-order valence-corrected chi connectivity index (χ4v) is 3.21. The van der Waals surface area contributed by atoms with Crippen molar-refractivity contribution in [2.75, 3.05) is 45.1 Å². The average Bonchev–Trinajstić information content (AvgIpc) is 2.54. The number of hydrogen-bond donors (Lipinski definition) is 1. The Hall–Kier alpha value is -0.750. The smallest absolute Gasteiger partial charge is 0.220 e. The molecule has 0 atom stereocenters. The van der Waals surface area contributed by atoms with E-state index in [1.54, 1.807) is 11.8 Å². The van der Waals surface area contributed by atoms with Crippen molar-refractivity contribution in [3.8, 4) is 0 Å². The minimum absolute atomic E-state index is 0.128. The Kier molecular flexibility index (Phi) is 8.08. The molecule has 1 N–H and O–H groups in total. The van der Waals surface area contributed by atoms with Gasteiger partial charge in [0.1, 0.15) is 0 Å². The number of thioether (sulfide) groups is 1. The van der Waals surface area contributed by atoms with E-state index in [0.29, 0.717) is 6.42 Å². The van der Waals surface area contributed by atoms with Crippen LogP contribution in [0.4, 0.5) is 0 Å². The van der Waals surface area contributed by atoms with Crippen LogP contribution in [0.3, 0.4) is 0 Å². The van der Waals surface area contributed by atoms with Gasteiger partial charge in [0.25, 0.3) is 0 Å². The Morgan fingerprint density at radius 1 is 1.27 bits per heavy atom. The Morgan fingerprint density at radius 3 is 2.73 bits per heavy atom. The molecule has 1 heterocycles. The van der Waals surface area contributed by atoms with Crippen molar-refractivity contribution >= 4 is 29.3 Å². The molecule has 1 fully saturated rings. The van der Waals surface area contributed by atoms with Gasteiger partial charge in [0.15, 0.2) is 0 Å². The number of carbonyl (C=O) groups is 1. The minimum atomic E-state index is 0.128. The molecule has 1 aromatic rings. The van der Waals surface area contributed by atoms with E-state index in [9.17, 15) is 4.79 Å². The van der Waals surface area contributed by atoms with Gasteiger partial charge in [-0.05, 0) is 37.2 Å². The molecule has 0 aromatic heterocycles. The molecule has 0 bridgehead atoms. The number of rotatable bonds is 8. The van der Waals surface area contributed by atoms with Crippen LogP contribution in [0.2, 0.25) is 5.02 Å². The van der Waals surface area contributed by atoms with E-state index >= 15 is 0 Å². The molecule has 1 aliphatic rings. The third-order valence-corrected chi connectivity index (χ3v) is 4.75. The van der Waals surface area contributed by atoms with Gasteiger partial charge in [0, 0.05) is 41.7 Å². The summed E-state index contributed by atoms with van der Waals surface area (Å²) in [6.45, 7) is 5.45. The maximum atomic E-state index is 11.8. The van der Waals surface area contributed by atoms with Crippen LogP contribution < -0.4 is 5.32 Å². The zero-order valence-electron chi connectivity index (χ0n) is 12.7. The number of benzene rings is 1. The zero-order valence-corrected chi connectivity index (χ0v) is 14.3. The monoisotopic (exact) mass is 342 g/mol. The Labute approximate surface area is 141 Å². The van der Waals surface area contributed by atoms with Crippen molar-refractivity contribution < 1.29 is 9.53 Å². The van der Waals surface area contributed by atoms with Gasteiger partial charge in [0.05, 0.1) is 13.2 Å². The lowest BCUT2D eigenvalue weighted by molar-refractivity contribution is -0.120. The highest BCUT2D eigenvalue weighted by Crippen LogP contribution is 2.20. The maximum absolute atomic E-state index is 11.8. The van der Waals surface area contributed by atoms with Crippen molar-refractivity contribution in [2.45, 2.75) is 17.7 Å². The first-order chi connectivity index (χ1) is 10.7. The molecule has 1 aromatic carbocycles. The number of carbonyl (C=O) groups excluding carboxylic acids is 1. The Morgan fingerprint density at radius 2 is 2.00 bits per heavy atom. The van der Waals surface area contributed by atoms with Crippen LogP contribution in [0.1, 0.15) is 12.8 Å². The van der Waals surface area contributed by atoms with Gasteiger partial charge in [0.2, 0.25) is 5.91 Å². The molecule has 0 saturated carbocycles. The van der Waals surface area contributed by atoms with Crippen LogP contribution >= 0.6 is 23.4 Å². The molecule has 1 aliphatic heterocycles. The van der Waals surface area contributed by atoms with Crippen LogP contribution in [-0.2, 0) is 9.53 Å². The van der Waals surface area contributed by atoms with Crippen LogP contribution in [0, 0.1) is 0 Å². The number of ether oxygens (including phenoxy) is 1. The Bertz CT molecular complexity index is 450. The molecular formula is C16H23ClN2O2S. The third-order valence-electron chi connectivity index (χ3n) is 3.49. The summed E-state index contributed by atoms with van der Waals surface area (Å²) in [6.07, 6.45) is 1.54. The summed E-state index contributed by atoms with van der Waals surface area (Å²) in [6, 6.07) is 7.70. The second-order valence-electron chi connectivity index (χ2n) is 5.21. The summed E-state index contributed by atoms with van der Waals surface area (Å²) in [5, 5.41) is 3.72. The normalized spacial score (nSPS) is 15.7. The van der Waals surface area contributed by atoms with Crippen molar-refractivity contribution in [3.05, 3.63) is 29.3 Å². The highest BCUT2D eigenvalue weighted by Gasteiger charge is 2.09. The van der Waals surface area contributed by atoms with Gasteiger partial charge in [-0.15, -0.1) is 11.8 Å². The van der Waals surface area contributed by atoms with E-state index in [4.69, 9.17) is 16.3 Å². The van der Waals surface area contributed by atoms with E-state index in [0.717, 1.165) is 61.5 Å². The molecule has 6 heteroatoms. The lowest BCUT2D eigenvalue weighted by Crippen LogP contribution is -2.38. The molecular weight excluding hydrogens is 320 g/mol. The molecule has 1 saturated heterocycles. The number of amides is 1. The molecule has 0 unspecified atom stereocenters. The standard InChI is InChI=1S/C16H23ClN2O2S/c17-14-2-4-15(5-3-14)22-13-6-16(20)18-7-1-8-19-9-11-21-12-10-19/h2-5H,1,6-13H2,(H,18,20). The Balaban J connectivity index is 1.49. The first-order valence-electron chi connectivity index (χ1n) is 7.69. The summed E-state index contributed by atoms with van der Waals surface area (Å²) in [5.74, 6) is 0.917. The number of morpholine rings is 1. The number of nitrogens with one attached hydrogen (secondary N) is 1. The van der Waals surface area contributed by atoms with Crippen LogP contribution in [0.15, 0.2) is 29.2 Å². The van der Waals surface area contributed by atoms with Gasteiger partial charge >= 0.3 is 0 Å². The highest BCUT2D eigenvalue weighted by molar-refractivity contribution is 7.99. The zero-order chi connectivity index (χ0) is 15.6. The summed E-state index contributed by atoms with van der Waals surface area (Å²) in [7, 11) is 0. The van der Waals surface area contributed by atoms with Gasteiger partial charge in [-0.1, -0.05) is 11.6 Å². The number of halogens is 1. The van der Waals surface area contributed by atoms with E-state index in [2.05, 4.69) is 10.2 Å². The number of nitrogens with zero attached hydrogens (tertiary/aromatic N) is 1. The minimum Gasteiger partial charge on any atom is -0.379 e. The predicted molar refractivity (Wildman–Crippen MR) is 91.7 cm³/mol. The van der Waals surface area contributed by atoms with Crippen molar-refractivity contribution in [3.63, 3.8) is 0 Å². The second kappa shape index (κ2) is 10.1. The predicted octanol–water partition coefficient (Wildman–Crippen LogP) is 2.66. The lowest BCUT2D eigenvalue weighted by Gasteiger charge is -2.26. The van der Waals surface area contributed by atoms with E-state index < -0.39 is 0 Å². The molecule has 22 heavy (non-hydrogen) atoms. The second-order valence-corrected chi connectivity index (χ2v) is 6.81. The van der Waals surface area contributed by atoms with Crippen molar-refractivity contribution in [2.24, 2.45) is 0 Å². The van der Waals surface area contributed by atoms with Gasteiger partial charge in [-0.25, -0.2) is 0 Å². The van der Waals surface area contributed by atoms with Gasteiger partial charge in [-0.2, -0.15) is 0 Å².